The molecule has 0 saturated carbocycles. The summed E-state index contributed by atoms with van der Waals surface area (Å²) in [7, 11) is 0. The van der Waals surface area contributed by atoms with Crippen LogP contribution in [0.15, 0.2) is 67.1 Å². The van der Waals surface area contributed by atoms with E-state index in [9.17, 15) is 4.79 Å². The third-order valence-corrected chi connectivity index (χ3v) is 4.72. The molecule has 0 amide bonds. The Balaban J connectivity index is 1.82. The number of aromatic amines is 1. The van der Waals surface area contributed by atoms with Gasteiger partial charge in [-0.05, 0) is 40.1 Å². The minimum absolute atomic E-state index is 0.207. The van der Waals surface area contributed by atoms with Crippen LogP contribution in [0, 0.1) is 0 Å². The molecule has 1 unspecified atom stereocenters. The van der Waals surface area contributed by atoms with Crippen LogP contribution in [0.5, 0.6) is 0 Å². The van der Waals surface area contributed by atoms with Crippen molar-refractivity contribution >= 4 is 27.5 Å². The van der Waals surface area contributed by atoms with Crippen LogP contribution < -0.4 is 0 Å². The zero-order valence-corrected chi connectivity index (χ0v) is 14.6. The molecule has 1 atom stereocenters. The van der Waals surface area contributed by atoms with Gasteiger partial charge < -0.3 is 9.72 Å². The molecule has 0 aliphatic rings. The molecule has 0 aliphatic heterocycles. The zero-order valence-electron chi connectivity index (χ0n) is 14.6. The molecule has 130 valence electrons. The van der Waals surface area contributed by atoms with Gasteiger partial charge in [-0.2, -0.15) is 0 Å². The number of imidazole rings is 1. The topological polar surface area (TPSA) is 55.0 Å². The third-order valence-electron chi connectivity index (χ3n) is 4.72. The van der Waals surface area contributed by atoms with Crippen molar-refractivity contribution in [2.24, 2.45) is 0 Å². The predicted molar refractivity (Wildman–Crippen MR) is 103 cm³/mol. The van der Waals surface area contributed by atoms with Crippen molar-refractivity contribution in [1.82, 2.24) is 9.97 Å². The Hall–Kier alpha value is -3.14. The first-order chi connectivity index (χ1) is 12.8. The molecule has 4 rings (SSSR count). The van der Waals surface area contributed by atoms with Crippen LogP contribution >= 0.6 is 0 Å². The second-order valence-electron chi connectivity index (χ2n) is 6.35. The highest BCUT2D eigenvalue weighted by Crippen LogP contribution is 2.30. The summed E-state index contributed by atoms with van der Waals surface area (Å²) in [5.41, 5.74) is 1.88. The number of esters is 1. The Kier molecular flexibility index (Phi) is 4.40. The number of H-pyrrole nitrogens is 1. The van der Waals surface area contributed by atoms with Gasteiger partial charge in [0.2, 0.25) is 0 Å². The summed E-state index contributed by atoms with van der Waals surface area (Å²) in [6.07, 6.45) is 3.92. The van der Waals surface area contributed by atoms with E-state index in [0.29, 0.717) is 13.0 Å². The minimum Gasteiger partial charge on any atom is -0.466 e. The molecule has 1 N–H and O–H groups in total. The van der Waals surface area contributed by atoms with Gasteiger partial charge in [0.25, 0.3) is 0 Å². The van der Waals surface area contributed by atoms with E-state index in [-0.39, 0.29) is 11.9 Å². The first kappa shape index (κ1) is 16.3. The number of hydrogen-bond donors (Lipinski definition) is 1. The first-order valence-electron chi connectivity index (χ1n) is 8.81. The molecule has 4 nitrogen and oxygen atoms in total. The van der Waals surface area contributed by atoms with Crippen LogP contribution in [0.2, 0.25) is 0 Å². The van der Waals surface area contributed by atoms with E-state index >= 15 is 0 Å². The van der Waals surface area contributed by atoms with Crippen molar-refractivity contribution in [3.8, 4) is 0 Å². The second-order valence-corrected chi connectivity index (χ2v) is 6.35. The first-order valence-corrected chi connectivity index (χ1v) is 8.81. The van der Waals surface area contributed by atoms with Crippen molar-refractivity contribution in [2.45, 2.75) is 19.3 Å². The number of hydrogen-bond acceptors (Lipinski definition) is 3. The van der Waals surface area contributed by atoms with E-state index in [1.54, 1.807) is 12.5 Å². The lowest BCUT2D eigenvalue weighted by atomic mass is 9.91. The van der Waals surface area contributed by atoms with E-state index in [2.05, 4.69) is 46.4 Å². The largest absolute Gasteiger partial charge is 0.466 e. The maximum atomic E-state index is 12.6. The minimum atomic E-state index is -0.362. The maximum absolute atomic E-state index is 12.6. The molecule has 0 aliphatic carbocycles. The van der Waals surface area contributed by atoms with Crippen molar-refractivity contribution in [3.05, 3.63) is 78.4 Å². The van der Waals surface area contributed by atoms with Crippen molar-refractivity contribution in [2.75, 3.05) is 6.61 Å². The van der Waals surface area contributed by atoms with Gasteiger partial charge in [-0.15, -0.1) is 0 Å². The molecule has 3 aromatic carbocycles. The molecule has 1 heterocycles. The molecule has 0 fully saturated rings. The molecule has 26 heavy (non-hydrogen) atoms. The Labute approximate surface area is 151 Å². The zero-order chi connectivity index (χ0) is 17.9. The van der Waals surface area contributed by atoms with Gasteiger partial charge in [-0.3, -0.25) is 4.79 Å². The fourth-order valence-corrected chi connectivity index (χ4v) is 3.43. The number of fused-ring (bicyclic) bond motifs is 3. The summed E-state index contributed by atoms with van der Waals surface area (Å²) in [6, 6.07) is 18.8. The average Bonchev–Trinajstić information content (AvgIpc) is 3.19. The standard InChI is InChI=1S/C22H20N2O2/c1-2-26-22(25)21(12-18-13-23-14-24-18)17-10-9-16-8-7-15-5-3-4-6-19(15)20(16)11-17/h3-11,13-14,21H,2,12H2,1H3,(H,23,24). The van der Waals surface area contributed by atoms with E-state index < -0.39 is 0 Å². The molecule has 0 spiro atoms. The van der Waals surface area contributed by atoms with Crippen LogP contribution in [-0.2, 0) is 16.0 Å². The maximum Gasteiger partial charge on any atom is 0.313 e. The lowest BCUT2D eigenvalue weighted by Gasteiger charge is -2.16. The van der Waals surface area contributed by atoms with Crippen LogP contribution in [0.1, 0.15) is 24.1 Å². The number of aromatic nitrogens is 2. The van der Waals surface area contributed by atoms with Gasteiger partial charge in [0.05, 0.1) is 18.9 Å². The third kappa shape index (κ3) is 3.06. The summed E-state index contributed by atoms with van der Waals surface area (Å²) in [4.78, 5) is 19.8. The van der Waals surface area contributed by atoms with Gasteiger partial charge in [-0.1, -0.05) is 48.5 Å². The number of nitrogens with one attached hydrogen (secondary N) is 1. The summed E-state index contributed by atoms with van der Waals surface area (Å²) in [5, 5.41) is 4.70. The smallest absolute Gasteiger partial charge is 0.313 e. The monoisotopic (exact) mass is 344 g/mol. The molecule has 0 bridgehead atoms. The molecule has 4 heteroatoms. The van der Waals surface area contributed by atoms with Crippen molar-refractivity contribution in [3.63, 3.8) is 0 Å². The lowest BCUT2D eigenvalue weighted by Crippen LogP contribution is -2.18. The highest BCUT2D eigenvalue weighted by atomic mass is 16.5. The van der Waals surface area contributed by atoms with E-state index in [1.807, 2.05) is 25.1 Å². The fourth-order valence-electron chi connectivity index (χ4n) is 3.43. The average molecular weight is 344 g/mol. The van der Waals surface area contributed by atoms with Gasteiger partial charge in [0.1, 0.15) is 0 Å². The van der Waals surface area contributed by atoms with E-state index in [4.69, 9.17) is 4.74 Å². The highest BCUT2D eigenvalue weighted by Gasteiger charge is 2.23. The number of carbonyl (C=O) groups is 1. The van der Waals surface area contributed by atoms with Crippen LogP contribution in [-0.4, -0.2) is 22.5 Å². The quantitative estimate of drug-likeness (QED) is 0.425. The summed E-state index contributed by atoms with van der Waals surface area (Å²) in [6.45, 7) is 2.20. The number of rotatable bonds is 5. The van der Waals surface area contributed by atoms with E-state index in [1.165, 1.54) is 10.8 Å². The fraction of sp³-hybridized carbons (Fsp3) is 0.182. The molecule has 0 saturated heterocycles. The van der Waals surface area contributed by atoms with Crippen LogP contribution in [0.25, 0.3) is 21.5 Å². The van der Waals surface area contributed by atoms with Gasteiger partial charge in [-0.25, -0.2) is 4.98 Å². The second kappa shape index (κ2) is 7.00. The summed E-state index contributed by atoms with van der Waals surface area (Å²) < 4.78 is 5.33. The SMILES string of the molecule is CCOC(=O)C(Cc1cnc[nH]1)c1ccc2ccc3ccccc3c2c1. The van der Waals surface area contributed by atoms with Gasteiger partial charge in [0.15, 0.2) is 0 Å². The Morgan fingerprint density at radius 3 is 2.62 bits per heavy atom. The van der Waals surface area contributed by atoms with E-state index in [0.717, 1.165) is 22.0 Å². The van der Waals surface area contributed by atoms with Crippen molar-refractivity contribution in [1.29, 1.82) is 0 Å². The molecule has 0 radical (unpaired) electrons. The van der Waals surface area contributed by atoms with Crippen LogP contribution in [0.4, 0.5) is 0 Å². The number of carbonyl (C=O) groups excluding carboxylic acids is 1. The molecular weight excluding hydrogens is 324 g/mol. The lowest BCUT2D eigenvalue weighted by molar-refractivity contribution is -0.144. The van der Waals surface area contributed by atoms with Crippen molar-refractivity contribution < 1.29 is 9.53 Å². The van der Waals surface area contributed by atoms with Gasteiger partial charge in [0, 0.05) is 18.3 Å². The van der Waals surface area contributed by atoms with Gasteiger partial charge >= 0.3 is 5.97 Å². The normalized spacial score (nSPS) is 12.3. The van der Waals surface area contributed by atoms with Crippen LogP contribution in [0.3, 0.4) is 0 Å². The number of ether oxygens (including phenoxy) is 1. The molecule has 4 aromatic rings. The summed E-state index contributed by atoms with van der Waals surface area (Å²) >= 11 is 0. The predicted octanol–water partition coefficient (Wildman–Crippen LogP) is 4.61. The highest BCUT2D eigenvalue weighted by molar-refractivity contribution is 6.07. The number of benzene rings is 3. The summed E-state index contributed by atoms with van der Waals surface area (Å²) in [5.74, 6) is -0.569. The Bertz CT molecular complexity index is 1050. The Morgan fingerprint density at radius 2 is 1.85 bits per heavy atom. The Morgan fingerprint density at radius 1 is 1.08 bits per heavy atom. The molecular formula is C22H20N2O2. The number of nitrogens with zero attached hydrogens (tertiary/aromatic N) is 1. The molecule has 1 aromatic heterocycles.